The SMILES string of the molecule is Cc1sc(NC(=O)C2(C(=O)Nc3ccc(F)cc3)CC2)nc1C1CC1. The summed E-state index contributed by atoms with van der Waals surface area (Å²) in [5.74, 6) is -0.517. The molecule has 2 fully saturated rings. The molecule has 7 heteroatoms. The van der Waals surface area contributed by atoms with E-state index in [0.717, 1.165) is 23.4 Å². The highest BCUT2D eigenvalue weighted by Gasteiger charge is 2.56. The van der Waals surface area contributed by atoms with Crippen LogP contribution in [0.2, 0.25) is 0 Å². The highest BCUT2D eigenvalue weighted by molar-refractivity contribution is 7.15. The molecule has 2 amide bonds. The third kappa shape index (κ3) is 3.16. The first kappa shape index (κ1) is 16.2. The molecule has 2 aliphatic rings. The zero-order valence-electron chi connectivity index (χ0n) is 13.8. The van der Waals surface area contributed by atoms with E-state index in [4.69, 9.17) is 0 Å². The van der Waals surface area contributed by atoms with E-state index >= 15 is 0 Å². The Morgan fingerprint density at radius 2 is 1.80 bits per heavy atom. The minimum absolute atomic E-state index is 0.316. The summed E-state index contributed by atoms with van der Waals surface area (Å²) < 4.78 is 13.0. The largest absolute Gasteiger partial charge is 0.325 e. The number of anilines is 2. The molecular formula is C18H18FN3O2S. The highest BCUT2D eigenvalue weighted by atomic mass is 32.1. The van der Waals surface area contributed by atoms with Gasteiger partial charge in [-0.1, -0.05) is 0 Å². The number of amides is 2. The second-order valence-electron chi connectivity index (χ2n) is 6.73. The molecule has 1 aromatic carbocycles. The molecule has 0 saturated heterocycles. The first-order valence-electron chi connectivity index (χ1n) is 8.34. The molecule has 0 spiro atoms. The molecule has 5 nitrogen and oxygen atoms in total. The van der Waals surface area contributed by atoms with Crippen LogP contribution in [0, 0.1) is 18.2 Å². The van der Waals surface area contributed by atoms with Crippen LogP contribution in [0.4, 0.5) is 15.2 Å². The molecule has 0 bridgehead atoms. The summed E-state index contributed by atoms with van der Waals surface area (Å²) in [6.45, 7) is 2.01. The summed E-state index contributed by atoms with van der Waals surface area (Å²) in [6.07, 6.45) is 3.32. The Morgan fingerprint density at radius 3 is 2.40 bits per heavy atom. The molecule has 25 heavy (non-hydrogen) atoms. The number of nitrogens with zero attached hydrogens (tertiary/aromatic N) is 1. The predicted octanol–water partition coefficient (Wildman–Crippen LogP) is 3.83. The Bertz CT molecular complexity index is 839. The summed E-state index contributed by atoms with van der Waals surface area (Å²) in [4.78, 5) is 30.8. The molecule has 1 aromatic heterocycles. The molecule has 2 saturated carbocycles. The standard InChI is InChI=1S/C18H18FN3O2S/c1-10-14(11-2-3-11)21-17(25-10)22-16(24)18(8-9-18)15(23)20-13-6-4-12(19)5-7-13/h4-7,11H,2-3,8-9H2,1H3,(H,20,23)(H,21,22,24). The van der Waals surface area contributed by atoms with Crippen molar-refractivity contribution in [3.63, 3.8) is 0 Å². The number of hydrogen-bond donors (Lipinski definition) is 2. The molecule has 130 valence electrons. The van der Waals surface area contributed by atoms with Crippen molar-refractivity contribution in [1.29, 1.82) is 0 Å². The van der Waals surface area contributed by atoms with Crippen LogP contribution in [-0.2, 0) is 9.59 Å². The molecule has 0 atom stereocenters. The second-order valence-corrected chi connectivity index (χ2v) is 7.94. The summed E-state index contributed by atoms with van der Waals surface area (Å²) in [6, 6.07) is 5.50. The lowest BCUT2D eigenvalue weighted by molar-refractivity contribution is -0.131. The van der Waals surface area contributed by atoms with Crippen LogP contribution in [0.25, 0.3) is 0 Å². The molecule has 0 radical (unpaired) electrons. The number of nitrogens with one attached hydrogen (secondary N) is 2. The van der Waals surface area contributed by atoms with Crippen molar-refractivity contribution in [3.8, 4) is 0 Å². The van der Waals surface area contributed by atoms with Crippen molar-refractivity contribution in [2.24, 2.45) is 5.41 Å². The zero-order valence-corrected chi connectivity index (χ0v) is 14.6. The Hall–Kier alpha value is -2.28. The van der Waals surface area contributed by atoms with Crippen molar-refractivity contribution in [2.75, 3.05) is 10.6 Å². The lowest BCUT2D eigenvalue weighted by Gasteiger charge is -2.14. The topological polar surface area (TPSA) is 71.1 Å². The van der Waals surface area contributed by atoms with E-state index in [1.165, 1.54) is 35.6 Å². The fourth-order valence-electron chi connectivity index (χ4n) is 2.88. The Balaban J connectivity index is 1.44. The van der Waals surface area contributed by atoms with E-state index in [1.807, 2.05) is 6.92 Å². The maximum atomic E-state index is 13.0. The van der Waals surface area contributed by atoms with Crippen molar-refractivity contribution in [2.45, 2.75) is 38.5 Å². The van der Waals surface area contributed by atoms with E-state index in [-0.39, 0.29) is 17.6 Å². The smallest absolute Gasteiger partial charge is 0.241 e. The minimum atomic E-state index is -1.05. The van der Waals surface area contributed by atoms with Crippen molar-refractivity contribution in [3.05, 3.63) is 40.7 Å². The summed E-state index contributed by atoms with van der Waals surface area (Å²) in [5.41, 5.74) is 0.501. The molecule has 2 aliphatic carbocycles. The van der Waals surface area contributed by atoms with Crippen molar-refractivity contribution < 1.29 is 14.0 Å². The molecule has 0 aliphatic heterocycles. The van der Waals surface area contributed by atoms with Gasteiger partial charge in [0.2, 0.25) is 11.8 Å². The van der Waals surface area contributed by atoms with Gasteiger partial charge in [0.25, 0.3) is 0 Å². The van der Waals surface area contributed by atoms with E-state index < -0.39 is 5.41 Å². The molecular weight excluding hydrogens is 341 g/mol. The van der Waals surface area contributed by atoms with Gasteiger partial charge in [-0.05, 0) is 56.9 Å². The average Bonchev–Trinajstić information content (AvgIpc) is 3.48. The Morgan fingerprint density at radius 1 is 1.16 bits per heavy atom. The number of benzene rings is 1. The molecule has 2 aromatic rings. The van der Waals surface area contributed by atoms with Crippen LogP contribution in [0.5, 0.6) is 0 Å². The number of aromatic nitrogens is 1. The van der Waals surface area contributed by atoms with Gasteiger partial charge in [0.1, 0.15) is 11.2 Å². The van der Waals surface area contributed by atoms with Crippen LogP contribution in [0.3, 0.4) is 0 Å². The Labute approximate surface area is 148 Å². The van der Waals surface area contributed by atoms with Gasteiger partial charge in [-0.15, -0.1) is 11.3 Å². The van der Waals surface area contributed by atoms with Crippen LogP contribution < -0.4 is 10.6 Å². The number of aryl methyl sites for hydroxylation is 1. The number of carbonyl (C=O) groups excluding carboxylic acids is 2. The van der Waals surface area contributed by atoms with Crippen molar-refractivity contribution >= 4 is 34.0 Å². The maximum Gasteiger partial charge on any atom is 0.241 e. The van der Waals surface area contributed by atoms with Gasteiger partial charge in [0, 0.05) is 16.5 Å². The summed E-state index contributed by atoms with van der Waals surface area (Å²) >= 11 is 1.46. The van der Waals surface area contributed by atoms with E-state index in [2.05, 4.69) is 15.6 Å². The van der Waals surface area contributed by atoms with Gasteiger partial charge in [0.15, 0.2) is 5.13 Å². The second kappa shape index (κ2) is 5.91. The van der Waals surface area contributed by atoms with Gasteiger partial charge in [-0.25, -0.2) is 9.37 Å². The van der Waals surface area contributed by atoms with E-state index in [9.17, 15) is 14.0 Å². The first-order valence-corrected chi connectivity index (χ1v) is 9.15. The van der Waals surface area contributed by atoms with Crippen LogP contribution in [0.15, 0.2) is 24.3 Å². The normalized spacial score (nSPS) is 17.8. The predicted molar refractivity (Wildman–Crippen MR) is 94.2 cm³/mol. The lowest BCUT2D eigenvalue weighted by Crippen LogP contribution is -2.35. The Kier molecular flexibility index (Phi) is 3.83. The van der Waals surface area contributed by atoms with E-state index in [0.29, 0.717) is 29.6 Å². The monoisotopic (exact) mass is 359 g/mol. The maximum absolute atomic E-state index is 13.0. The van der Waals surface area contributed by atoms with Crippen LogP contribution in [0.1, 0.15) is 42.2 Å². The molecule has 1 heterocycles. The number of thiazole rings is 1. The molecule has 4 rings (SSSR count). The third-order valence-corrected chi connectivity index (χ3v) is 5.64. The summed E-state index contributed by atoms with van der Waals surface area (Å²) in [7, 11) is 0. The van der Waals surface area contributed by atoms with Gasteiger partial charge in [-0.3, -0.25) is 9.59 Å². The highest BCUT2D eigenvalue weighted by Crippen LogP contribution is 2.48. The fraction of sp³-hybridized carbons (Fsp3) is 0.389. The van der Waals surface area contributed by atoms with Crippen LogP contribution >= 0.6 is 11.3 Å². The third-order valence-electron chi connectivity index (χ3n) is 4.74. The van der Waals surface area contributed by atoms with Gasteiger partial charge in [-0.2, -0.15) is 0 Å². The van der Waals surface area contributed by atoms with E-state index in [1.54, 1.807) is 0 Å². The number of rotatable bonds is 5. The van der Waals surface area contributed by atoms with Crippen LogP contribution in [-0.4, -0.2) is 16.8 Å². The average molecular weight is 359 g/mol. The fourth-order valence-corrected chi connectivity index (χ4v) is 3.77. The quantitative estimate of drug-likeness (QED) is 0.797. The number of hydrogen-bond acceptors (Lipinski definition) is 4. The van der Waals surface area contributed by atoms with Gasteiger partial charge < -0.3 is 10.6 Å². The van der Waals surface area contributed by atoms with Gasteiger partial charge in [0.05, 0.1) is 5.69 Å². The molecule has 0 unspecified atom stereocenters. The lowest BCUT2D eigenvalue weighted by atomic mass is 10.1. The first-order chi connectivity index (χ1) is 12.0. The van der Waals surface area contributed by atoms with Crippen molar-refractivity contribution in [1.82, 2.24) is 4.98 Å². The minimum Gasteiger partial charge on any atom is -0.325 e. The van der Waals surface area contributed by atoms with Gasteiger partial charge >= 0.3 is 0 Å². The number of carbonyl (C=O) groups is 2. The zero-order chi connectivity index (χ0) is 17.6. The summed E-state index contributed by atoms with van der Waals surface area (Å²) in [5, 5.41) is 6.07. The molecule has 2 N–H and O–H groups in total. The number of halogens is 1.